The number of H-pyrrole nitrogens is 1. The minimum absolute atomic E-state index is 0.425. The van der Waals surface area contributed by atoms with E-state index in [0.717, 1.165) is 16.7 Å². The Morgan fingerprint density at radius 3 is 2.94 bits per heavy atom. The van der Waals surface area contributed by atoms with E-state index < -0.39 is 0 Å². The van der Waals surface area contributed by atoms with Gasteiger partial charge in [0, 0.05) is 6.07 Å². The number of aromatic amines is 1. The molecule has 0 atom stereocenters. The van der Waals surface area contributed by atoms with Crippen LogP contribution in [0.4, 0.5) is 5.82 Å². The third-order valence-corrected chi connectivity index (χ3v) is 2.44. The van der Waals surface area contributed by atoms with E-state index in [1.54, 1.807) is 6.07 Å². The van der Waals surface area contributed by atoms with Crippen LogP contribution in [0.5, 0.6) is 0 Å². The second-order valence-corrected chi connectivity index (χ2v) is 3.65. The lowest BCUT2D eigenvalue weighted by Crippen LogP contribution is -1.81. The van der Waals surface area contributed by atoms with E-state index in [9.17, 15) is 0 Å². The SMILES string of the molecule is Cc1cccc2nc(-c3cc(N)n[nH]3)oc12. The predicted octanol–water partition coefficient (Wildman–Crippen LogP) is 2.11. The highest BCUT2D eigenvalue weighted by atomic mass is 16.3. The number of fused-ring (bicyclic) bond motifs is 1. The molecule has 0 bridgehead atoms. The summed E-state index contributed by atoms with van der Waals surface area (Å²) in [5, 5.41) is 6.61. The number of nitrogens with zero attached hydrogens (tertiary/aromatic N) is 2. The molecular formula is C11H10N4O. The zero-order chi connectivity index (χ0) is 11.1. The van der Waals surface area contributed by atoms with E-state index in [1.165, 1.54) is 0 Å². The lowest BCUT2D eigenvalue weighted by Gasteiger charge is -1.89. The molecule has 2 heterocycles. The van der Waals surface area contributed by atoms with Crippen LogP contribution in [-0.4, -0.2) is 15.2 Å². The minimum atomic E-state index is 0.425. The van der Waals surface area contributed by atoms with Gasteiger partial charge in [0.25, 0.3) is 0 Å². The molecule has 5 heteroatoms. The van der Waals surface area contributed by atoms with Crippen molar-refractivity contribution in [2.75, 3.05) is 5.73 Å². The first-order valence-corrected chi connectivity index (χ1v) is 4.91. The average Bonchev–Trinajstić information content (AvgIpc) is 2.84. The molecule has 0 aliphatic rings. The van der Waals surface area contributed by atoms with Gasteiger partial charge in [-0.2, -0.15) is 5.10 Å². The summed E-state index contributed by atoms with van der Waals surface area (Å²) in [5.41, 5.74) is 8.91. The molecule has 0 fully saturated rings. The first-order chi connectivity index (χ1) is 7.74. The van der Waals surface area contributed by atoms with E-state index in [1.807, 2.05) is 25.1 Å². The number of para-hydroxylation sites is 1. The summed E-state index contributed by atoms with van der Waals surface area (Å²) in [5.74, 6) is 0.933. The van der Waals surface area contributed by atoms with E-state index in [4.69, 9.17) is 10.2 Å². The molecule has 3 rings (SSSR count). The number of oxazole rings is 1. The maximum absolute atomic E-state index is 5.66. The Morgan fingerprint density at radius 2 is 2.25 bits per heavy atom. The van der Waals surface area contributed by atoms with Crippen molar-refractivity contribution in [1.29, 1.82) is 0 Å². The Morgan fingerprint density at radius 1 is 1.38 bits per heavy atom. The third-order valence-electron chi connectivity index (χ3n) is 2.44. The van der Waals surface area contributed by atoms with Crippen LogP contribution in [0.3, 0.4) is 0 Å². The number of nitrogens with one attached hydrogen (secondary N) is 1. The predicted molar refractivity (Wildman–Crippen MR) is 60.7 cm³/mol. The van der Waals surface area contributed by atoms with Crippen LogP contribution < -0.4 is 5.73 Å². The van der Waals surface area contributed by atoms with Gasteiger partial charge < -0.3 is 10.2 Å². The standard InChI is InChI=1S/C11H10N4O/c1-6-3-2-4-7-10(6)16-11(13-7)8-5-9(12)15-14-8/h2-5H,1H3,(H3,12,14,15). The highest BCUT2D eigenvalue weighted by Crippen LogP contribution is 2.25. The van der Waals surface area contributed by atoms with Crippen molar-refractivity contribution in [2.45, 2.75) is 6.92 Å². The fourth-order valence-electron chi connectivity index (χ4n) is 1.65. The van der Waals surface area contributed by atoms with E-state index in [2.05, 4.69) is 15.2 Å². The fraction of sp³-hybridized carbons (Fsp3) is 0.0909. The summed E-state index contributed by atoms with van der Waals surface area (Å²) in [6.45, 7) is 1.98. The number of aromatic nitrogens is 3. The molecule has 16 heavy (non-hydrogen) atoms. The number of hydrogen-bond donors (Lipinski definition) is 2. The molecule has 0 aliphatic carbocycles. The maximum Gasteiger partial charge on any atom is 0.245 e. The van der Waals surface area contributed by atoms with Gasteiger partial charge in [0.05, 0.1) is 0 Å². The number of aryl methyl sites for hydroxylation is 1. The van der Waals surface area contributed by atoms with Crippen molar-refractivity contribution in [3.63, 3.8) is 0 Å². The van der Waals surface area contributed by atoms with Crippen LogP contribution in [0.1, 0.15) is 5.56 Å². The molecule has 0 saturated heterocycles. The molecule has 5 nitrogen and oxygen atoms in total. The molecule has 3 N–H and O–H groups in total. The smallest absolute Gasteiger partial charge is 0.245 e. The van der Waals surface area contributed by atoms with Crippen LogP contribution in [-0.2, 0) is 0 Å². The molecular weight excluding hydrogens is 204 g/mol. The zero-order valence-electron chi connectivity index (χ0n) is 8.69. The minimum Gasteiger partial charge on any atom is -0.434 e. The summed E-state index contributed by atoms with van der Waals surface area (Å²) in [6, 6.07) is 7.54. The zero-order valence-corrected chi connectivity index (χ0v) is 8.69. The fourth-order valence-corrected chi connectivity index (χ4v) is 1.65. The second kappa shape index (κ2) is 3.10. The van der Waals surface area contributed by atoms with Crippen LogP contribution >= 0.6 is 0 Å². The molecule has 80 valence electrons. The number of anilines is 1. The summed E-state index contributed by atoms with van der Waals surface area (Å²) < 4.78 is 5.66. The number of nitrogen functional groups attached to an aromatic ring is 1. The highest BCUT2D eigenvalue weighted by Gasteiger charge is 2.11. The lowest BCUT2D eigenvalue weighted by molar-refractivity contribution is 0.614. The number of nitrogens with two attached hydrogens (primary N) is 1. The van der Waals surface area contributed by atoms with Crippen LogP contribution in [0.2, 0.25) is 0 Å². The third kappa shape index (κ3) is 1.25. The summed E-state index contributed by atoms with van der Waals surface area (Å²) in [7, 11) is 0. The normalized spacial score (nSPS) is 11.1. The largest absolute Gasteiger partial charge is 0.434 e. The van der Waals surface area contributed by atoms with Gasteiger partial charge in [-0.25, -0.2) is 4.98 Å². The van der Waals surface area contributed by atoms with Crippen molar-refractivity contribution in [3.05, 3.63) is 29.8 Å². The lowest BCUT2D eigenvalue weighted by atomic mass is 10.2. The van der Waals surface area contributed by atoms with Gasteiger partial charge >= 0.3 is 0 Å². The van der Waals surface area contributed by atoms with Crippen molar-refractivity contribution >= 4 is 16.9 Å². The number of benzene rings is 1. The Kier molecular flexibility index (Phi) is 1.73. The first-order valence-electron chi connectivity index (χ1n) is 4.91. The molecule has 0 saturated carbocycles. The number of rotatable bonds is 1. The Bertz CT molecular complexity index is 653. The Balaban J connectivity index is 2.22. The Hall–Kier alpha value is -2.30. The Labute approximate surface area is 91.3 Å². The van der Waals surface area contributed by atoms with Gasteiger partial charge in [-0.15, -0.1) is 0 Å². The molecule has 0 amide bonds. The molecule has 1 aromatic carbocycles. The van der Waals surface area contributed by atoms with Crippen molar-refractivity contribution in [2.24, 2.45) is 0 Å². The summed E-state index contributed by atoms with van der Waals surface area (Å²) in [4.78, 5) is 4.36. The van der Waals surface area contributed by atoms with E-state index in [-0.39, 0.29) is 0 Å². The van der Waals surface area contributed by atoms with Crippen molar-refractivity contribution in [1.82, 2.24) is 15.2 Å². The van der Waals surface area contributed by atoms with E-state index in [0.29, 0.717) is 17.4 Å². The highest BCUT2D eigenvalue weighted by molar-refractivity contribution is 5.78. The monoisotopic (exact) mass is 214 g/mol. The first kappa shape index (κ1) is 8.96. The van der Waals surface area contributed by atoms with Gasteiger partial charge in [0.15, 0.2) is 5.58 Å². The quantitative estimate of drug-likeness (QED) is 0.650. The summed E-state index contributed by atoms with van der Waals surface area (Å²) in [6.07, 6.45) is 0. The van der Waals surface area contributed by atoms with E-state index >= 15 is 0 Å². The van der Waals surface area contributed by atoms with Crippen LogP contribution in [0.15, 0.2) is 28.7 Å². The van der Waals surface area contributed by atoms with Gasteiger partial charge in [0.1, 0.15) is 17.0 Å². The summed E-state index contributed by atoms with van der Waals surface area (Å²) >= 11 is 0. The van der Waals surface area contributed by atoms with Gasteiger partial charge in [0.2, 0.25) is 5.89 Å². The molecule has 2 aromatic heterocycles. The maximum atomic E-state index is 5.66. The molecule has 0 unspecified atom stereocenters. The molecule has 0 spiro atoms. The second-order valence-electron chi connectivity index (χ2n) is 3.65. The van der Waals surface area contributed by atoms with Gasteiger partial charge in [-0.05, 0) is 18.6 Å². The topological polar surface area (TPSA) is 80.7 Å². The molecule has 3 aromatic rings. The molecule has 0 aliphatic heterocycles. The van der Waals surface area contributed by atoms with Crippen LogP contribution in [0.25, 0.3) is 22.7 Å². The van der Waals surface area contributed by atoms with Gasteiger partial charge in [-0.3, -0.25) is 5.10 Å². The van der Waals surface area contributed by atoms with Gasteiger partial charge in [-0.1, -0.05) is 12.1 Å². The molecule has 0 radical (unpaired) electrons. The average molecular weight is 214 g/mol. The number of hydrogen-bond acceptors (Lipinski definition) is 4. The van der Waals surface area contributed by atoms with Crippen LogP contribution in [0, 0.1) is 6.92 Å². The van der Waals surface area contributed by atoms with Crippen molar-refractivity contribution < 1.29 is 4.42 Å². The van der Waals surface area contributed by atoms with Crippen molar-refractivity contribution in [3.8, 4) is 11.6 Å².